The van der Waals surface area contributed by atoms with Gasteiger partial charge in [0.05, 0.1) is 16.6 Å². The van der Waals surface area contributed by atoms with E-state index in [9.17, 15) is 14.8 Å². The van der Waals surface area contributed by atoms with Gasteiger partial charge in [-0.05, 0) is 55.5 Å². The first-order valence-electron chi connectivity index (χ1n) is 11.2. The highest BCUT2D eigenvalue weighted by Gasteiger charge is 2.21. The third-order valence-corrected chi connectivity index (χ3v) is 6.34. The minimum Gasteiger partial charge on any atom is -0.508 e. The van der Waals surface area contributed by atoms with Crippen molar-refractivity contribution in [3.8, 4) is 22.9 Å². The van der Waals surface area contributed by atoms with Gasteiger partial charge < -0.3 is 10.0 Å². The Hall–Kier alpha value is -3.92. The minimum absolute atomic E-state index is 0.121. The Kier molecular flexibility index (Phi) is 5.43. The number of aryl methyl sites for hydroxylation is 1. The largest absolute Gasteiger partial charge is 0.508 e. The third-order valence-electron chi connectivity index (χ3n) is 6.34. The van der Waals surface area contributed by atoms with E-state index in [2.05, 4.69) is 38.3 Å². The zero-order chi connectivity index (χ0) is 22.9. The van der Waals surface area contributed by atoms with Crippen LogP contribution in [0.5, 0.6) is 5.75 Å². The molecule has 2 N–H and O–H groups in total. The van der Waals surface area contributed by atoms with Crippen LogP contribution in [0.15, 0.2) is 42.5 Å². The molecule has 1 aliphatic heterocycles. The number of anilines is 1. The number of rotatable bonds is 4. The van der Waals surface area contributed by atoms with Crippen LogP contribution in [0.4, 0.5) is 10.1 Å². The van der Waals surface area contributed by atoms with E-state index in [1.54, 1.807) is 0 Å². The number of nitriles is 1. The number of piperidine rings is 1. The van der Waals surface area contributed by atoms with E-state index in [4.69, 9.17) is 0 Å². The maximum absolute atomic E-state index is 14.4. The number of aromatic hydroxyl groups is 1. The summed E-state index contributed by atoms with van der Waals surface area (Å²) in [5.74, 6) is -0.677. The highest BCUT2D eigenvalue weighted by molar-refractivity contribution is 5.98. The highest BCUT2D eigenvalue weighted by atomic mass is 19.1. The summed E-state index contributed by atoms with van der Waals surface area (Å²) in [5, 5.41) is 27.8. The van der Waals surface area contributed by atoms with Crippen LogP contribution < -0.4 is 4.90 Å². The maximum atomic E-state index is 14.4. The number of hydrogen-bond acceptors (Lipinski definition) is 5. The van der Waals surface area contributed by atoms with Crippen LogP contribution in [-0.4, -0.2) is 33.4 Å². The molecule has 3 heterocycles. The number of nitrogens with one attached hydrogen (secondary N) is 1. The first kappa shape index (κ1) is 21.0. The van der Waals surface area contributed by atoms with E-state index >= 15 is 0 Å². The van der Waals surface area contributed by atoms with Crippen LogP contribution in [-0.2, 0) is 6.42 Å². The fourth-order valence-corrected chi connectivity index (χ4v) is 4.64. The second kappa shape index (κ2) is 8.55. The normalized spacial score (nSPS) is 13.9. The summed E-state index contributed by atoms with van der Waals surface area (Å²) in [6.45, 7) is 4.03. The van der Waals surface area contributed by atoms with Crippen molar-refractivity contribution in [2.24, 2.45) is 0 Å². The van der Waals surface area contributed by atoms with Gasteiger partial charge in [0.2, 0.25) is 0 Å². The zero-order valence-electron chi connectivity index (χ0n) is 18.4. The molecule has 1 fully saturated rings. The van der Waals surface area contributed by atoms with Gasteiger partial charge >= 0.3 is 0 Å². The number of phenolic OH excluding ortho intramolecular Hbond substituents is 1. The van der Waals surface area contributed by atoms with Gasteiger partial charge in [0, 0.05) is 42.5 Å². The molecule has 2 aromatic heterocycles. The first-order chi connectivity index (χ1) is 16.0. The number of aromatic amines is 1. The lowest BCUT2D eigenvalue weighted by atomic mass is 9.93. The Balaban J connectivity index is 1.63. The van der Waals surface area contributed by atoms with Crippen molar-refractivity contribution >= 4 is 16.7 Å². The Labute approximate surface area is 191 Å². The van der Waals surface area contributed by atoms with Crippen molar-refractivity contribution in [1.29, 1.82) is 5.26 Å². The van der Waals surface area contributed by atoms with Gasteiger partial charge in [0.25, 0.3) is 0 Å². The minimum atomic E-state index is -0.536. The molecular weight excluding hydrogens is 417 g/mol. The number of halogens is 1. The van der Waals surface area contributed by atoms with E-state index in [0.717, 1.165) is 41.4 Å². The molecule has 7 heteroatoms. The summed E-state index contributed by atoms with van der Waals surface area (Å²) >= 11 is 0. The summed E-state index contributed by atoms with van der Waals surface area (Å²) in [4.78, 5) is 6.99. The number of H-pyrrole nitrogens is 1. The predicted molar refractivity (Wildman–Crippen MR) is 126 cm³/mol. The molecule has 6 nitrogen and oxygen atoms in total. The van der Waals surface area contributed by atoms with E-state index < -0.39 is 5.82 Å². The predicted octanol–water partition coefficient (Wildman–Crippen LogP) is 5.23. The molecule has 5 rings (SSSR count). The van der Waals surface area contributed by atoms with Gasteiger partial charge in [0.15, 0.2) is 5.65 Å². The summed E-state index contributed by atoms with van der Waals surface area (Å²) in [7, 11) is 0. The summed E-state index contributed by atoms with van der Waals surface area (Å²) in [6.07, 6.45) is 3.81. The smallest absolute Gasteiger partial charge is 0.182 e. The number of pyridine rings is 1. The second-order valence-electron chi connectivity index (χ2n) is 8.51. The topological polar surface area (TPSA) is 88.8 Å². The number of fused-ring (bicyclic) bond motifs is 1. The molecule has 2 aromatic carbocycles. The lowest BCUT2D eigenvalue weighted by Crippen LogP contribution is -2.29. The highest BCUT2D eigenvalue weighted by Crippen LogP contribution is 2.36. The van der Waals surface area contributed by atoms with E-state index in [-0.39, 0.29) is 12.2 Å². The first-order valence-corrected chi connectivity index (χ1v) is 11.2. The lowest BCUT2D eigenvalue weighted by Gasteiger charge is -2.29. The molecule has 0 aliphatic carbocycles. The monoisotopic (exact) mass is 441 g/mol. The Morgan fingerprint density at radius 2 is 1.88 bits per heavy atom. The molecule has 4 aromatic rings. The van der Waals surface area contributed by atoms with Crippen LogP contribution in [0.3, 0.4) is 0 Å². The standard InChI is InChI=1S/C26H24FN5O/c1-16-24-25(17-5-8-19(9-6-17)32-11-3-2-4-12-32)21(15-28)23(29-26(24)31-30-16)13-18-7-10-20(33)14-22(18)27/h5-10,14,33H,2-4,11-13H2,1H3,(H,29,30,31). The van der Waals surface area contributed by atoms with Gasteiger partial charge in [-0.25, -0.2) is 9.37 Å². The molecule has 0 spiro atoms. The van der Waals surface area contributed by atoms with Crippen LogP contribution in [0.1, 0.15) is 41.8 Å². The average molecular weight is 442 g/mol. The Morgan fingerprint density at radius 3 is 2.58 bits per heavy atom. The molecule has 33 heavy (non-hydrogen) atoms. The lowest BCUT2D eigenvalue weighted by molar-refractivity contribution is 0.468. The molecule has 0 atom stereocenters. The number of aromatic nitrogens is 3. The van der Waals surface area contributed by atoms with E-state index in [1.807, 2.05) is 19.1 Å². The van der Waals surface area contributed by atoms with Crippen LogP contribution in [0.2, 0.25) is 0 Å². The van der Waals surface area contributed by atoms with Gasteiger partial charge in [-0.2, -0.15) is 10.4 Å². The molecule has 166 valence electrons. The Bertz CT molecular complexity index is 1360. The van der Waals surface area contributed by atoms with E-state index in [0.29, 0.717) is 22.5 Å². The molecule has 1 saturated heterocycles. The molecule has 1 aliphatic rings. The van der Waals surface area contributed by atoms with Crippen molar-refractivity contribution < 1.29 is 9.50 Å². The number of hydrogen-bond donors (Lipinski definition) is 2. The molecule has 0 unspecified atom stereocenters. The van der Waals surface area contributed by atoms with Gasteiger partial charge in [-0.3, -0.25) is 5.10 Å². The van der Waals surface area contributed by atoms with Crippen molar-refractivity contribution in [3.05, 3.63) is 70.8 Å². The molecule has 0 radical (unpaired) electrons. The number of phenols is 1. The van der Waals surface area contributed by atoms with Crippen LogP contribution in [0.25, 0.3) is 22.2 Å². The Morgan fingerprint density at radius 1 is 1.12 bits per heavy atom. The SMILES string of the molecule is Cc1[nH]nc2nc(Cc3ccc(O)cc3F)c(C#N)c(-c3ccc(N4CCCCC4)cc3)c12. The second-order valence-corrected chi connectivity index (χ2v) is 8.51. The van der Waals surface area contributed by atoms with Gasteiger partial charge in [-0.15, -0.1) is 0 Å². The molecule has 0 amide bonds. The summed E-state index contributed by atoms with van der Waals surface area (Å²) in [6, 6.07) is 14.6. The molecular formula is C26H24FN5O. The molecule has 0 bridgehead atoms. The van der Waals surface area contributed by atoms with Crippen molar-refractivity contribution in [2.75, 3.05) is 18.0 Å². The number of benzene rings is 2. The van der Waals surface area contributed by atoms with Crippen molar-refractivity contribution in [2.45, 2.75) is 32.6 Å². The molecule has 0 saturated carbocycles. The fourth-order valence-electron chi connectivity index (χ4n) is 4.64. The van der Waals surface area contributed by atoms with Crippen LogP contribution in [0, 0.1) is 24.1 Å². The van der Waals surface area contributed by atoms with Crippen molar-refractivity contribution in [1.82, 2.24) is 15.2 Å². The number of nitrogens with zero attached hydrogens (tertiary/aromatic N) is 4. The van der Waals surface area contributed by atoms with Crippen LogP contribution >= 0.6 is 0 Å². The average Bonchev–Trinajstić information content (AvgIpc) is 3.21. The van der Waals surface area contributed by atoms with Gasteiger partial charge in [0.1, 0.15) is 17.6 Å². The van der Waals surface area contributed by atoms with Gasteiger partial charge in [-0.1, -0.05) is 18.2 Å². The van der Waals surface area contributed by atoms with Crippen molar-refractivity contribution in [3.63, 3.8) is 0 Å². The fraction of sp³-hybridized carbons (Fsp3) is 0.269. The summed E-state index contributed by atoms with van der Waals surface area (Å²) in [5.41, 5.74) is 5.38. The zero-order valence-corrected chi connectivity index (χ0v) is 18.4. The summed E-state index contributed by atoms with van der Waals surface area (Å²) < 4.78 is 14.4. The quantitative estimate of drug-likeness (QED) is 0.453. The maximum Gasteiger partial charge on any atom is 0.182 e. The van der Waals surface area contributed by atoms with E-state index in [1.165, 1.54) is 37.1 Å². The third kappa shape index (κ3) is 3.89.